The van der Waals surface area contributed by atoms with Crippen LogP contribution in [-0.4, -0.2) is 30.6 Å². The van der Waals surface area contributed by atoms with Crippen molar-refractivity contribution >= 4 is 0 Å². The summed E-state index contributed by atoms with van der Waals surface area (Å²) < 4.78 is 0. The van der Waals surface area contributed by atoms with Gasteiger partial charge in [-0.15, -0.1) is 0 Å². The molecule has 2 rings (SSSR count). The van der Waals surface area contributed by atoms with Gasteiger partial charge in [-0.3, -0.25) is 4.90 Å². The van der Waals surface area contributed by atoms with Gasteiger partial charge in [0.1, 0.15) is 0 Å². The molecule has 0 bridgehead atoms. The van der Waals surface area contributed by atoms with Gasteiger partial charge in [-0.2, -0.15) is 0 Å². The van der Waals surface area contributed by atoms with Crippen molar-refractivity contribution < 1.29 is 0 Å². The Hall–Kier alpha value is -0.860. The lowest BCUT2D eigenvalue weighted by molar-refractivity contribution is 0.0931. The molecule has 1 aliphatic heterocycles. The summed E-state index contributed by atoms with van der Waals surface area (Å²) in [5.41, 5.74) is 1.46. The molecule has 2 heteroatoms. The maximum absolute atomic E-state index is 3.67. The maximum Gasteiger partial charge on any atom is 0.0252 e. The number of hydrogen-bond acceptors (Lipinski definition) is 2. The number of rotatable bonds is 11. The van der Waals surface area contributed by atoms with Crippen LogP contribution in [0, 0.1) is 5.92 Å². The summed E-state index contributed by atoms with van der Waals surface area (Å²) >= 11 is 0. The van der Waals surface area contributed by atoms with Crippen molar-refractivity contribution in [2.75, 3.05) is 19.6 Å². The van der Waals surface area contributed by atoms with Gasteiger partial charge >= 0.3 is 0 Å². The van der Waals surface area contributed by atoms with Gasteiger partial charge in [-0.1, -0.05) is 82.7 Å². The second-order valence-electron chi connectivity index (χ2n) is 7.48. The van der Waals surface area contributed by atoms with E-state index in [9.17, 15) is 0 Å². The Morgan fingerprint density at radius 2 is 1.67 bits per heavy atom. The number of benzene rings is 1. The van der Waals surface area contributed by atoms with Crippen molar-refractivity contribution in [2.24, 2.45) is 5.92 Å². The standard InChI is InChI=1S/C22H38N2/c1-3-5-8-14-21(15-9-6-4-2)22-18-23-16-17-24(22)19-20-12-10-7-11-13-20/h7,10-13,21-23H,3-6,8-9,14-19H2,1-2H3. The quantitative estimate of drug-likeness (QED) is 0.558. The third-order valence-corrected chi connectivity index (χ3v) is 5.53. The minimum Gasteiger partial charge on any atom is -0.314 e. The van der Waals surface area contributed by atoms with Gasteiger partial charge in [0, 0.05) is 32.2 Å². The van der Waals surface area contributed by atoms with Crippen molar-refractivity contribution in [2.45, 2.75) is 77.8 Å². The van der Waals surface area contributed by atoms with Gasteiger partial charge in [-0.05, 0) is 24.3 Å². The van der Waals surface area contributed by atoms with E-state index in [1.54, 1.807) is 0 Å². The fraction of sp³-hybridized carbons (Fsp3) is 0.727. The highest BCUT2D eigenvalue weighted by Gasteiger charge is 2.29. The zero-order valence-electron chi connectivity index (χ0n) is 16.0. The van der Waals surface area contributed by atoms with E-state index in [-0.39, 0.29) is 0 Å². The third-order valence-electron chi connectivity index (χ3n) is 5.53. The highest BCUT2D eigenvalue weighted by Crippen LogP contribution is 2.26. The van der Waals surface area contributed by atoms with Crippen LogP contribution < -0.4 is 5.32 Å². The van der Waals surface area contributed by atoms with Crippen molar-refractivity contribution in [3.63, 3.8) is 0 Å². The third kappa shape index (κ3) is 6.57. The summed E-state index contributed by atoms with van der Waals surface area (Å²) in [6.07, 6.45) is 11.1. The van der Waals surface area contributed by atoms with Gasteiger partial charge < -0.3 is 5.32 Å². The van der Waals surface area contributed by atoms with Gasteiger partial charge in [-0.25, -0.2) is 0 Å². The molecule has 1 aromatic carbocycles. The fourth-order valence-corrected chi connectivity index (χ4v) is 4.09. The van der Waals surface area contributed by atoms with E-state index < -0.39 is 0 Å². The van der Waals surface area contributed by atoms with Crippen molar-refractivity contribution in [1.29, 1.82) is 0 Å². The molecule has 0 amide bonds. The number of unbranched alkanes of at least 4 members (excludes halogenated alkanes) is 4. The summed E-state index contributed by atoms with van der Waals surface area (Å²) in [6, 6.07) is 11.7. The molecule has 136 valence electrons. The zero-order chi connectivity index (χ0) is 17.0. The van der Waals surface area contributed by atoms with Crippen LogP contribution in [0.3, 0.4) is 0 Å². The van der Waals surface area contributed by atoms with Crippen LogP contribution in [0.1, 0.15) is 70.8 Å². The second-order valence-corrected chi connectivity index (χ2v) is 7.48. The van der Waals surface area contributed by atoms with Crippen LogP contribution in [-0.2, 0) is 6.54 Å². The van der Waals surface area contributed by atoms with Crippen molar-refractivity contribution in [1.82, 2.24) is 10.2 Å². The first-order chi connectivity index (χ1) is 11.8. The molecule has 2 nitrogen and oxygen atoms in total. The van der Waals surface area contributed by atoms with Gasteiger partial charge in [0.2, 0.25) is 0 Å². The molecule has 1 atom stereocenters. The van der Waals surface area contributed by atoms with Crippen LogP contribution in [0.2, 0.25) is 0 Å². The molecule has 0 spiro atoms. The van der Waals surface area contributed by atoms with E-state index in [0.29, 0.717) is 6.04 Å². The largest absolute Gasteiger partial charge is 0.314 e. The Bertz CT molecular complexity index is 407. The van der Waals surface area contributed by atoms with Crippen LogP contribution in [0.4, 0.5) is 0 Å². The minimum absolute atomic E-state index is 0.715. The smallest absolute Gasteiger partial charge is 0.0252 e. The minimum atomic E-state index is 0.715. The molecule has 0 aromatic heterocycles. The molecule has 1 fully saturated rings. The SMILES string of the molecule is CCCCCC(CCCCC)C1CNCCN1Cc1ccccc1. The molecule has 1 unspecified atom stereocenters. The van der Waals surface area contributed by atoms with Crippen molar-refractivity contribution in [3.05, 3.63) is 35.9 Å². The Labute approximate surface area is 150 Å². The van der Waals surface area contributed by atoms with Crippen LogP contribution in [0.25, 0.3) is 0 Å². The molecule has 1 saturated heterocycles. The second kappa shape index (κ2) is 11.7. The summed E-state index contributed by atoms with van der Waals surface area (Å²) in [6.45, 7) is 9.25. The van der Waals surface area contributed by atoms with Crippen LogP contribution in [0.5, 0.6) is 0 Å². The Morgan fingerprint density at radius 3 is 2.29 bits per heavy atom. The fourth-order valence-electron chi connectivity index (χ4n) is 4.09. The molecule has 0 saturated carbocycles. The van der Waals surface area contributed by atoms with Crippen LogP contribution in [0.15, 0.2) is 30.3 Å². The van der Waals surface area contributed by atoms with E-state index in [1.807, 2.05) is 0 Å². The predicted molar refractivity (Wildman–Crippen MR) is 105 cm³/mol. The molecule has 1 aliphatic rings. The lowest BCUT2D eigenvalue weighted by Crippen LogP contribution is -2.54. The molecular formula is C22H38N2. The Kier molecular flexibility index (Phi) is 9.45. The Balaban J connectivity index is 1.98. The van der Waals surface area contributed by atoms with E-state index in [4.69, 9.17) is 0 Å². The normalized spacial score (nSPS) is 19.0. The molecule has 0 radical (unpaired) electrons. The number of hydrogen-bond donors (Lipinski definition) is 1. The van der Waals surface area contributed by atoms with Crippen LogP contribution >= 0.6 is 0 Å². The summed E-state index contributed by atoms with van der Waals surface area (Å²) in [5, 5.41) is 3.67. The van der Waals surface area contributed by atoms with E-state index >= 15 is 0 Å². The zero-order valence-corrected chi connectivity index (χ0v) is 16.0. The average molecular weight is 331 g/mol. The molecule has 1 heterocycles. The Morgan fingerprint density at radius 1 is 1.00 bits per heavy atom. The van der Waals surface area contributed by atoms with Gasteiger partial charge in [0.05, 0.1) is 0 Å². The molecule has 1 N–H and O–H groups in total. The highest BCUT2D eigenvalue weighted by molar-refractivity contribution is 5.14. The molecule has 24 heavy (non-hydrogen) atoms. The molecule has 1 aromatic rings. The number of piperazine rings is 1. The highest BCUT2D eigenvalue weighted by atomic mass is 15.2. The number of nitrogens with zero attached hydrogens (tertiary/aromatic N) is 1. The summed E-state index contributed by atoms with van der Waals surface area (Å²) in [7, 11) is 0. The first-order valence-corrected chi connectivity index (χ1v) is 10.3. The predicted octanol–water partition coefficient (Wildman–Crippen LogP) is 5.24. The first kappa shape index (κ1) is 19.5. The van der Waals surface area contributed by atoms with Gasteiger partial charge in [0.15, 0.2) is 0 Å². The van der Waals surface area contributed by atoms with E-state index in [1.165, 1.54) is 70.0 Å². The summed E-state index contributed by atoms with van der Waals surface area (Å²) in [4.78, 5) is 2.76. The molecule has 0 aliphatic carbocycles. The maximum atomic E-state index is 3.67. The van der Waals surface area contributed by atoms with E-state index in [2.05, 4.69) is 54.4 Å². The lowest BCUT2D eigenvalue weighted by atomic mass is 9.86. The van der Waals surface area contributed by atoms with E-state index in [0.717, 1.165) is 19.0 Å². The van der Waals surface area contributed by atoms with Crippen molar-refractivity contribution in [3.8, 4) is 0 Å². The average Bonchev–Trinajstić information content (AvgIpc) is 2.62. The topological polar surface area (TPSA) is 15.3 Å². The van der Waals surface area contributed by atoms with Gasteiger partial charge in [0.25, 0.3) is 0 Å². The summed E-state index contributed by atoms with van der Waals surface area (Å²) in [5.74, 6) is 0.861. The number of nitrogens with one attached hydrogen (secondary N) is 1. The monoisotopic (exact) mass is 330 g/mol. The molecular weight excluding hydrogens is 292 g/mol. The first-order valence-electron chi connectivity index (χ1n) is 10.3. The lowest BCUT2D eigenvalue weighted by Gasteiger charge is -2.41.